The number of carbonyl (C=O) groups excluding carboxylic acids is 1. The highest BCUT2D eigenvalue weighted by molar-refractivity contribution is 5.82. The Morgan fingerprint density at radius 1 is 1.11 bits per heavy atom. The van der Waals surface area contributed by atoms with Gasteiger partial charge in [0.25, 0.3) is 5.91 Å². The monoisotopic (exact) mass is 401 g/mol. The maximum Gasteiger partial charge on any atom is 0.416 e. The van der Waals surface area contributed by atoms with Gasteiger partial charge in [-0.1, -0.05) is 12.1 Å². The molecule has 2 N–H and O–H groups in total. The fourth-order valence-corrected chi connectivity index (χ4v) is 2.53. The van der Waals surface area contributed by atoms with Gasteiger partial charge < -0.3 is 19.9 Å². The third-order valence-corrected chi connectivity index (χ3v) is 4.03. The van der Waals surface area contributed by atoms with Crippen molar-refractivity contribution in [2.24, 2.45) is 0 Å². The number of aliphatic hydroxyl groups excluding tert-OH is 1. The lowest BCUT2D eigenvalue weighted by Crippen LogP contribution is -2.31. The molecule has 9 heteroatoms. The molecule has 0 aliphatic rings. The van der Waals surface area contributed by atoms with E-state index in [9.17, 15) is 27.5 Å². The lowest BCUT2D eigenvalue weighted by molar-refractivity contribution is -0.137. The standard InChI is InChI=1S/C19H19F4NO4/c1-27-15-6-3-11(9-16(15)28-2)7-8-24-18(26)17(25)13-5-4-12(10-14(13)20)19(21,22)23/h3-6,9-10,17,25H,7-8H2,1-2H3,(H,24,26). The first-order chi connectivity index (χ1) is 13.2. The molecule has 0 saturated carbocycles. The molecule has 2 aromatic rings. The van der Waals surface area contributed by atoms with Crippen molar-refractivity contribution < 1.29 is 36.9 Å². The molecule has 28 heavy (non-hydrogen) atoms. The highest BCUT2D eigenvalue weighted by atomic mass is 19.4. The van der Waals surface area contributed by atoms with E-state index in [2.05, 4.69) is 5.32 Å². The van der Waals surface area contributed by atoms with Crippen LogP contribution in [0.15, 0.2) is 36.4 Å². The first-order valence-corrected chi connectivity index (χ1v) is 8.20. The minimum atomic E-state index is -4.72. The minimum absolute atomic E-state index is 0.119. The van der Waals surface area contributed by atoms with Gasteiger partial charge in [0, 0.05) is 12.1 Å². The quantitative estimate of drug-likeness (QED) is 0.699. The number of rotatable bonds is 7. The highest BCUT2D eigenvalue weighted by Gasteiger charge is 2.32. The first-order valence-electron chi connectivity index (χ1n) is 8.20. The Bertz CT molecular complexity index is 839. The van der Waals surface area contributed by atoms with E-state index in [-0.39, 0.29) is 12.6 Å². The van der Waals surface area contributed by atoms with Gasteiger partial charge in [0.2, 0.25) is 0 Å². The average molecular weight is 401 g/mol. The van der Waals surface area contributed by atoms with Crippen LogP contribution < -0.4 is 14.8 Å². The second-order valence-electron chi connectivity index (χ2n) is 5.87. The number of nitrogens with one attached hydrogen (secondary N) is 1. The Balaban J connectivity index is 1.98. The van der Waals surface area contributed by atoms with E-state index < -0.39 is 35.1 Å². The Labute approximate surface area is 158 Å². The molecule has 0 heterocycles. The molecule has 1 amide bonds. The van der Waals surface area contributed by atoms with Gasteiger partial charge in [-0.05, 0) is 36.2 Å². The Morgan fingerprint density at radius 2 is 1.79 bits per heavy atom. The summed E-state index contributed by atoms with van der Waals surface area (Å²) in [6, 6.07) is 6.78. The van der Waals surface area contributed by atoms with Gasteiger partial charge in [-0.25, -0.2) is 4.39 Å². The molecule has 1 unspecified atom stereocenters. The maximum absolute atomic E-state index is 13.9. The summed E-state index contributed by atoms with van der Waals surface area (Å²) in [6.45, 7) is 0.119. The predicted molar refractivity (Wildman–Crippen MR) is 92.6 cm³/mol. The smallest absolute Gasteiger partial charge is 0.416 e. The van der Waals surface area contributed by atoms with Crippen molar-refractivity contribution in [1.82, 2.24) is 5.32 Å². The van der Waals surface area contributed by atoms with Gasteiger partial charge in [-0.2, -0.15) is 13.2 Å². The van der Waals surface area contributed by atoms with Gasteiger partial charge in [0.15, 0.2) is 17.6 Å². The summed E-state index contributed by atoms with van der Waals surface area (Å²) < 4.78 is 61.9. The molecule has 0 aliphatic heterocycles. The molecule has 2 aromatic carbocycles. The third-order valence-electron chi connectivity index (χ3n) is 4.03. The number of benzene rings is 2. The largest absolute Gasteiger partial charge is 0.493 e. The van der Waals surface area contributed by atoms with E-state index in [1.165, 1.54) is 14.2 Å². The lowest BCUT2D eigenvalue weighted by Gasteiger charge is -2.14. The molecule has 0 spiro atoms. The molecule has 2 rings (SSSR count). The van der Waals surface area contributed by atoms with E-state index in [0.717, 1.165) is 11.6 Å². The molecular formula is C19H19F4NO4. The third kappa shape index (κ3) is 5.13. The number of aliphatic hydroxyl groups is 1. The van der Waals surface area contributed by atoms with Crippen LogP contribution in [0.25, 0.3) is 0 Å². The van der Waals surface area contributed by atoms with E-state index in [1.807, 2.05) is 0 Å². The lowest BCUT2D eigenvalue weighted by atomic mass is 10.0. The van der Waals surface area contributed by atoms with Gasteiger partial charge in [0.1, 0.15) is 5.82 Å². The molecule has 0 bridgehead atoms. The fourth-order valence-electron chi connectivity index (χ4n) is 2.53. The van der Waals surface area contributed by atoms with E-state index in [4.69, 9.17) is 9.47 Å². The Morgan fingerprint density at radius 3 is 2.36 bits per heavy atom. The SMILES string of the molecule is COc1ccc(CCNC(=O)C(O)c2ccc(C(F)(F)F)cc2F)cc1OC. The van der Waals surface area contributed by atoms with Gasteiger partial charge >= 0.3 is 6.18 Å². The zero-order chi connectivity index (χ0) is 20.9. The molecular weight excluding hydrogens is 382 g/mol. The maximum atomic E-state index is 13.9. The molecule has 0 aliphatic carbocycles. The van der Waals surface area contributed by atoms with Crippen molar-refractivity contribution in [3.05, 3.63) is 58.9 Å². The molecule has 0 fully saturated rings. The second kappa shape index (κ2) is 8.92. The first kappa shape index (κ1) is 21.5. The molecule has 5 nitrogen and oxygen atoms in total. The molecule has 1 atom stereocenters. The number of halogens is 4. The van der Waals surface area contributed by atoms with Crippen molar-refractivity contribution in [1.29, 1.82) is 0 Å². The van der Waals surface area contributed by atoms with E-state index >= 15 is 0 Å². The minimum Gasteiger partial charge on any atom is -0.493 e. The van der Waals surface area contributed by atoms with Crippen molar-refractivity contribution in [2.75, 3.05) is 20.8 Å². The summed E-state index contributed by atoms with van der Waals surface area (Å²) in [5, 5.41) is 12.4. The normalized spacial score (nSPS) is 12.4. The van der Waals surface area contributed by atoms with Crippen LogP contribution in [0.3, 0.4) is 0 Å². The van der Waals surface area contributed by atoms with Crippen molar-refractivity contribution in [2.45, 2.75) is 18.7 Å². The molecule has 0 aromatic heterocycles. The number of methoxy groups -OCH3 is 2. The average Bonchev–Trinajstić information content (AvgIpc) is 2.66. The number of amides is 1. The van der Waals surface area contributed by atoms with Crippen molar-refractivity contribution in [3.8, 4) is 11.5 Å². The fraction of sp³-hybridized carbons (Fsp3) is 0.316. The Hall–Kier alpha value is -2.81. The molecule has 0 saturated heterocycles. The second-order valence-corrected chi connectivity index (χ2v) is 5.87. The van der Waals surface area contributed by atoms with Gasteiger partial charge in [0.05, 0.1) is 19.8 Å². The topological polar surface area (TPSA) is 67.8 Å². The zero-order valence-electron chi connectivity index (χ0n) is 15.1. The zero-order valence-corrected chi connectivity index (χ0v) is 15.1. The van der Waals surface area contributed by atoms with E-state index in [0.29, 0.717) is 24.0 Å². The molecule has 152 valence electrons. The van der Waals surface area contributed by atoms with Crippen LogP contribution in [0.4, 0.5) is 17.6 Å². The van der Waals surface area contributed by atoms with Crippen LogP contribution in [-0.4, -0.2) is 31.8 Å². The van der Waals surface area contributed by atoms with Crippen molar-refractivity contribution in [3.63, 3.8) is 0 Å². The van der Waals surface area contributed by atoms with Crippen LogP contribution in [0, 0.1) is 5.82 Å². The predicted octanol–water partition coefficient (Wildman–Crippen LogP) is 3.25. The van der Waals surface area contributed by atoms with Crippen LogP contribution in [0.2, 0.25) is 0 Å². The number of ether oxygens (including phenoxy) is 2. The summed E-state index contributed by atoms with van der Waals surface area (Å²) in [5.74, 6) is -1.17. The van der Waals surface area contributed by atoms with Crippen molar-refractivity contribution >= 4 is 5.91 Å². The summed E-state index contributed by atoms with van der Waals surface area (Å²) in [7, 11) is 2.98. The highest BCUT2D eigenvalue weighted by Crippen LogP contribution is 2.31. The summed E-state index contributed by atoms with van der Waals surface area (Å²) in [4.78, 5) is 12.0. The molecule has 0 radical (unpaired) electrons. The summed E-state index contributed by atoms with van der Waals surface area (Å²) in [5.41, 5.74) is -0.917. The number of hydrogen-bond donors (Lipinski definition) is 2. The van der Waals surface area contributed by atoms with Crippen LogP contribution in [-0.2, 0) is 17.4 Å². The van der Waals surface area contributed by atoms with E-state index in [1.54, 1.807) is 18.2 Å². The summed E-state index contributed by atoms with van der Waals surface area (Å²) >= 11 is 0. The van der Waals surface area contributed by atoms with Gasteiger partial charge in [-0.3, -0.25) is 4.79 Å². The van der Waals surface area contributed by atoms with Gasteiger partial charge in [-0.15, -0.1) is 0 Å². The van der Waals surface area contributed by atoms with Crippen LogP contribution >= 0.6 is 0 Å². The Kier molecular flexibility index (Phi) is 6.85. The summed E-state index contributed by atoms with van der Waals surface area (Å²) in [6.07, 6.45) is -6.26. The van der Waals surface area contributed by atoms with Crippen LogP contribution in [0.5, 0.6) is 11.5 Å². The number of hydrogen-bond acceptors (Lipinski definition) is 4. The number of carbonyl (C=O) groups is 1. The number of alkyl halides is 3. The van der Waals surface area contributed by atoms with Crippen LogP contribution in [0.1, 0.15) is 22.8 Å².